The quantitative estimate of drug-likeness (QED) is 0.904. The van der Waals surface area contributed by atoms with Crippen LogP contribution in [0.15, 0.2) is 28.9 Å². The van der Waals surface area contributed by atoms with E-state index < -0.39 is 10.0 Å². The number of ether oxygens (including phenoxy) is 2. The van der Waals surface area contributed by atoms with Crippen LogP contribution in [0.1, 0.15) is 0 Å². The molecule has 0 radical (unpaired) electrons. The predicted molar refractivity (Wildman–Crippen MR) is 73.5 cm³/mol. The van der Waals surface area contributed by atoms with Gasteiger partial charge in [0.25, 0.3) is 0 Å². The van der Waals surface area contributed by atoms with Crippen molar-refractivity contribution in [2.75, 3.05) is 25.2 Å². The average Bonchev–Trinajstić information content (AvgIpc) is 2.83. The van der Waals surface area contributed by atoms with Gasteiger partial charge in [-0.2, -0.15) is 0 Å². The second-order valence-corrected chi connectivity index (χ2v) is 5.76. The smallest absolute Gasteiger partial charge is 0.245 e. The van der Waals surface area contributed by atoms with E-state index in [1.54, 1.807) is 18.2 Å². The zero-order valence-electron chi connectivity index (χ0n) is 11.2. The summed E-state index contributed by atoms with van der Waals surface area (Å²) in [4.78, 5) is 0. The highest BCUT2D eigenvalue weighted by atomic mass is 32.2. The van der Waals surface area contributed by atoms with E-state index in [1.165, 1.54) is 20.4 Å². The molecule has 0 amide bonds. The molecule has 0 atom stereocenters. The Morgan fingerprint density at radius 3 is 2.50 bits per heavy atom. The summed E-state index contributed by atoms with van der Waals surface area (Å²) in [5.74, 6) is 1.15. The van der Waals surface area contributed by atoms with E-state index in [9.17, 15) is 8.42 Å². The highest BCUT2D eigenvalue weighted by Gasteiger charge is 2.16. The summed E-state index contributed by atoms with van der Waals surface area (Å²) in [6.45, 7) is 0. The molecule has 0 aliphatic rings. The van der Waals surface area contributed by atoms with Crippen molar-refractivity contribution in [1.29, 1.82) is 0 Å². The molecule has 2 aromatic rings. The van der Waals surface area contributed by atoms with Gasteiger partial charge in [0.05, 0.1) is 32.2 Å². The first kappa shape index (κ1) is 14.2. The Balaban J connectivity index is 2.45. The Kier molecular flexibility index (Phi) is 3.84. The molecule has 0 saturated heterocycles. The molecule has 0 spiro atoms. The predicted octanol–water partition coefficient (Wildman–Crippen LogP) is 1.73. The maximum Gasteiger partial charge on any atom is 0.245 e. The van der Waals surface area contributed by atoms with Crippen LogP contribution in [0.25, 0.3) is 11.1 Å². The molecule has 108 valence electrons. The van der Waals surface area contributed by atoms with Crippen molar-refractivity contribution in [3.8, 4) is 22.6 Å². The fourth-order valence-corrected chi connectivity index (χ4v) is 2.17. The van der Waals surface area contributed by atoms with Gasteiger partial charge >= 0.3 is 0 Å². The van der Waals surface area contributed by atoms with E-state index in [0.29, 0.717) is 22.6 Å². The Hall–Kier alpha value is -2.22. The molecule has 7 nitrogen and oxygen atoms in total. The number of anilines is 1. The largest absolute Gasteiger partial charge is 0.493 e. The minimum absolute atomic E-state index is 0.0553. The van der Waals surface area contributed by atoms with E-state index in [4.69, 9.17) is 14.0 Å². The molecule has 0 fully saturated rings. The fourth-order valence-electron chi connectivity index (χ4n) is 1.69. The van der Waals surface area contributed by atoms with E-state index in [1.807, 2.05) is 0 Å². The molecule has 0 aliphatic carbocycles. The lowest BCUT2D eigenvalue weighted by Gasteiger charge is -2.09. The molecule has 2 rings (SSSR count). The lowest BCUT2D eigenvalue weighted by atomic mass is 10.1. The first-order chi connectivity index (χ1) is 9.44. The van der Waals surface area contributed by atoms with Gasteiger partial charge in [0.2, 0.25) is 15.9 Å². The summed E-state index contributed by atoms with van der Waals surface area (Å²) >= 11 is 0. The molecular formula is C12H14N2O5S. The Labute approximate surface area is 116 Å². The van der Waals surface area contributed by atoms with Gasteiger partial charge in [-0.15, -0.1) is 0 Å². The third-order valence-electron chi connectivity index (χ3n) is 2.54. The zero-order chi connectivity index (χ0) is 14.8. The minimum Gasteiger partial charge on any atom is -0.493 e. The summed E-state index contributed by atoms with van der Waals surface area (Å²) in [5, 5.41) is 3.61. The van der Waals surface area contributed by atoms with Crippen molar-refractivity contribution < 1.29 is 22.4 Å². The van der Waals surface area contributed by atoms with Crippen molar-refractivity contribution in [2.24, 2.45) is 0 Å². The van der Waals surface area contributed by atoms with Crippen LogP contribution in [0.4, 0.5) is 5.88 Å². The van der Waals surface area contributed by atoms with Gasteiger partial charge in [0.1, 0.15) is 0 Å². The highest BCUT2D eigenvalue weighted by molar-refractivity contribution is 7.92. The maximum atomic E-state index is 11.3. The van der Waals surface area contributed by atoms with Gasteiger partial charge in [0.15, 0.2) is 11.5 Å². The van der Waals surface area contributed by atoms with Crippen LogP contribution < -0.4 is 14.2 Å². The molecule has 0 bridgehead atoms. The number of benzene rings is 1. The summed E-state index contributed by atoms with van der Waals surface area (Å²) in [7, 11) is -0.392. The lowest BCUT2D eigenvalue weighted by Crippen LogP contribution is -2.09. The van der Waals surface area contributed by atoms with Gasteiger partial charge in [-0.25, -0.2) is 8.42 Å². The minimum atomic E-state index is -3.45. The molecule has 1 N–H and O–H groups in total. The summed E-state index contributed by atoms with van der Waals surface area (Å²) < 4.78 is 40.0. The number of rotatable bonds is 5. The third-order valence-corrected chi connectivity index (χ3v) is 3.10. The number of nitrogens with zero attached hydrogens (tertiary/aromatic N) is 1. The second kappa shape index (κ2) is 5.41. The van der Waals surface area contributed by atoms with Gasteiger partial charge < -0.3 is 14.0 Å². The van der Waals surface area contributed by atoms with Crippen molar-refractivity contribution in [1.82, 2.24) is 5.16 Å². The van der Waals surface area contributed by atoms with Gasteiger partial charge in [-0.3, -0.25) is 4.72 Å². The van der Waals surface area contributed by atoms with E-state index >= 15 is 0 Å². The monoisotopic (exact) mass is 298 g/mol. The van der Waals surface area contributed by atoms with Crippen LogP contribution in [0, 0.1) is 0 Å². The number of methoxy groups -OCH3 is 2. The van der Waals surface area contributed by atoms with Crippen molar-refractivity contribution in [2.45, 2.75) is 0 Å². The topological polar surface area (TPSA) is 90.7 Å². The zero-order valence-corrected chi connectivity index (χ0v) is 12.0. The molecule has 8 heteroatoms. The maximum absolute atomic E-state index is 11.3. The standard InChI is InChI=1S/C12H14N2O5S/c1-17-10-5-4-8(6-11(10)18-2)9-7-13-19-12(9)14-20(3,15)16/h4-7,14H,1-3H3. The third kappa shape index (κ3) is 3.02. The van der Waals surface area contributed by atoms with Crippen LogP contribution >= 0.6 is 0 Å². The molecule has 0 saturated carbocycles. The number of hydrogen-bond donors (Lipinski definition) is 1. The molecule has 0 aliphatic heterocycles. The number of aromatic nitrogens is 1. The molecule has 20 heavy (non-hydrogen) atoms. The van der Waals surface area contributed by atoms with Crippen molar-refractivity contribution in [3.63, 3.8) is 0 Å². The number of nitrogens with one attached hydrogen (secondary N) is 1. The lowest BCUT2D eigenvalue weighted by molar-refractivity contribution is 0.355. The van der Waals surface area contributed by atoms with E-state index in [2.05, 4.69) is 9.88 Å². The van der Waals surface area contributed by atoms with E-state index in [-0.39, 0.29) is 5.88 Å². The average molecular weight is 298 g/mol. The normalized spacial score (nSPS) is 11.2. The molecular weight excluding hydrogens is 284 g/mol. The van der Waals surface area contributed by atoms with Crippen LogP contribution in [-0.2, 0) is 10.0 Å². The first-order valence-corrected chi connectivity index (χ1v) is 7.48. The van der Waals surface area contributed by atoms with E-state index in [0.717, 1.165) is 6.26 Å². The Bertz CT molecular complexity index is 708. The van der Waals surface area contributed by atoms with Crippen LogP contribution in [-0.4, -0.2) is 34.0 Å². The van der Waals surface area contributed by atoms with Crippen molar-refractivity contribution in [3.05, 3.63) is 24.4 Å². The molecule has 1 aromatic heterocycles. The van der Waals surface area contributed by atoms with Crippen LogP contribution in [0.5, 0.6) is 11.5 Å². The molecule has 1 aromatic carbocycles. The number of hydrogen-bond acceptors (Lipinski definition) is 6. The number of sulfonamides is 1. The van der Waals surface area contributed by atoms with Crippen LogP contribution in [0.3, 0.4) is 0 Å². The molecule has 1 heterocycles. The summed E-state index contributed by atoms with van der Waals surface area (Å²) in [6.07, 6.45) is 2.46. The second-order valence-electron chi connectivity index (χ2n) is 4.01. The summed E-state index contributed by atoms with van der Waals surface area (Å²) in [6, 6.07) is 5.17. The SMILES string of the molecule is COc1ccc(-c2cnoc2NS(C)(=O)=O)cc1OC. The highest BCUT2D eigenvalue weighted by Crippen LogP contribution is 2.35. The molecule has 0 unspecified atom stereocenters. The Morgan fingerprint density at radius 2 is 1.90 bits per heavy atom. The van der Waals surface area contributed by atoms with Gasteiger partial charge in [-0.05, 0) is 17.7 Å². The van der Waals surface area contributed by atoms with Gasteiger partial charge in [-0.1, -0.05) is 11.2 Å². The van der Waals surface area contributed by atoms with Crippen LogP contribution in [0.2, 0.25) is 0 Å². The fraction of sp³-hybridized carbons (Fsp3) is 0.250. The Morgan fingerprint density at radius 1 is 1.20 bits per heavy atom. The summed E-state index contributed by atoms with van der Waals surface area (Å²) in [5.41, 5.74) is 1.20. The first-order valence-electron chi connectivity index (χ1n) is 5.59. The van der Waals surface area contributed by atoms with Gasteiger partial charge in [0, 0.05) is 0 Å². The van der Waals surface area contributed by atoms with Crippen molar-refractivity contribution >= 4 is 15.9 Å².